The number of hydrogen-bond donors (Lipinski definition) is 1. The fraction of sp³-hybridized carbons (Fsp3) is 0.250. The van der Waals surface area contributed by atoms with E-state index in [0.717, 1.165) is 22.6 Å². The van der Waals surface area contributed by atoms with Crippen LogP contribution in [0.25, 0.3) is 5.69 Å². The summed E-state index contributed by atoms with van der Waals surface area (Å²) >= 11 is 1.36. The molecule has 3 aromatic rings. The van der Waals surface area contributed by atoms with E-state index < -0.39 is 0 Å². The minimum absolute atomic E-state index is 0.110. The van der Waals surface area contributed by atoms with Gasteiger partial charge in [-0.05, 0) is 50.1 Å². The second kappa shape index (κ2) is 8.26. The SMILES string of the molecule is COc1cccc(NC(=O)CSc2nnc(C)n2-c2cc(C)ccc2C)c1. The van der Waals surface area contributed by atoms with Crippen LogP contribution in [0.3, 0.4) is 0 Å². The van der Waals surface area contributed by atoms with Crippen LogP contribution in [-0.4, -0.2) is 33.5 Å². The summed E-state index contributed by atoms with van der Waals surface area (Å²) in [6, 6.07) is 13.5. The third kappa shape index (κ3) is 4.49. The van der Waals surface area contributed by atoms with Gasteiger partial charge in [0.15, 0.2) is 5.16 Å². The molecule has 0 bridgehead atoms. The fourth-order valence-electron chi connectivity index (χ4n) is 2.70. The lowest BCUT2D eigenvalue weighted by Gasteiger charge is -2.12. The first kappa shape index (κ1) is 19.0. The van der Waals surface area contributed by atoms with Gasteiger partial charge in [-0.2, -0.15) is 0 Å². The molecule has 1 N–H and O–H groups in total. The molecule has 27 heavy (non-hydrogen) atoms. The standard InChI is InChI=1S/C20H22N4O2S/c1-13-8-9-14(2)18(10-13)24-15(3)22-23-20(24)27-12-19(25)21-16-6-5-7-17(11-16)26-4/h5-11H,12H2,1-4H3,(H,21,25). The number of carbonyl (C=O) groups is 1. The van der Waals surface area contributed by atoms with Crippen LogP contribution in [0, 0.1) is 20.8 Å². The van der Waals surface area contributed by atoms with Crippen LogP contribution in [0.15, 0.2) is 47.6 Å². The molecular weight excluding hydrogens is 360 g/mol. The Labute approximate surface area is 163 Å². The first-order valence-corrected chi connectivity index (χ1v) is 9.53. The molecule has 0 saturated carbocycles. The molecule has 1 amide bonds. The Kier molecular flexibility index (Phi) is 5.81. The number of nitrogens with one attached hydrogen (secondary N) is 1. The van der Waals surface area contributed by atoms with Crippen LogP contribution in [0.1, 0.15) is 17.0 Å². The number of aromatic nitrogens is 3. The van der Waals surface area contributed by atoms with E-state index in [4.69, 9.17) is 4.74 Å². The predicted octanol–water partition coefficient (Wildman–Crippen LogP) is 3.93. The van der Waals surface area contributed by atoms with Crippen LogP contribution in [-0.2, 0) is 4.79 Å². The van der Waals surface area contributed by atoms with E-state index >= 15 is 0 Å². The maximum Gasteiger partial charge on any atom is 0.234 e. The molecule has 0 fully saturated rings. The van der Waals surface area contributed by atoms with E-state index in [-0.39, 0.29) is 11.7 Å². The van der Waals surface area contributed by atoms with E-state index in [9.17, 15) is 4.79 Å². The van der Waals surface area contributed by atoms with Gasteiger partial charge in [-0.15, -0.1) is 10.2 Å². The second-order valence-electron chi connectivity index (χ2n) is 6.22. The quantitative estimate of drug-likeness (QED) is 0.654. The second-order valence-corrected chi connectivity index (χ2v) is 7.17. The van der Waals surface area contributed by atoms with Crippen molar-refractivity contribution in [2.24, 2.45) is 0 Å². The van der Waals surface area contributed by atoms with E-state index in [0.29, 0.717) is 16.6 Å². The summed E-state index contributed by atoms with van der Waals surface area (Å²) in [6.45, 7) is 6.02. The summed E-state index contributed by atoms with van der Waals surface area (Å²) in [5, 5.41) is 12.0. The first-order valence-electron chi connectivity index (χ1n) is 8.54. The van der Waals surface area contributed by atoms with Crippen molar-refractivity contribution in [1.29, 1.82) is 0 Å². The summed E-state index contributed by atoms with van der Waals surface area (Å²) in [5.74, 6) is 1.62. The van der Waals surface area contributed by atoms with Gasteiger partial charge in [0.1, 0.15) is 11.6 Å². The van der Waals surface area contributed by atoms with Crippen LogP contribution in [0.4, 0.5) is 5.69 Å². The minimum atomic E-state index is -0.110. The third-order valence-electron chi connectivity index (χ3n) is 4.09. The molecular formula is C20H22N4O2S. The number of anilines is 1. The Morgan fingerprint density at radius 1 is 1.15 bits per heavy atom. The summed E-state index contributed by atoms with van der Waals surface area (Å²) in [4.78, 5) is 12.3. The number of aryl methyl sites for hydroxylation is 3. The number of ether oxygens (including phenoxy) is 1. The van der Waals surface area contributed by atoms with Crippen molar-refractivity contribution < 1.29 is 9.53 Å². The van der Waals surface area contributed by atoms with Gasteiger partial charge >= 0.3 is 0 Å². The van der Waals surface area contributed by atoms with Crippen molar-refractivity contribution in [3.8, 4) is 11.4 Å². The zero-order chi connectivity index (χ0) is 19.4. The Hall–Kier alpha value is -2.80. The molecule has 1 aromatic heterocycles. The molecule has 0 spiro atoms. The lowest BCUT2D eigenvalue weighted by Crippen LogP contribution is -2.14. The highest BCUT2D eigenvalue weighted by Gasteiger charge is 2.15. The molecule has 0 aliphatic heterocycles. The normalized spacial score (nSPS) is 10.7. The Balaban J connectivity index is 1.73. The highest BCUT2D eigenvalue weighted by molar-refractivity contribution is 7.99. The molecule has 0 unspecified atom stereocenters. The Bertz CT molecular complexity index is 968. The fourth-order valence-corrected chi connectivity index (χ4v) is 3.49. The van der Waals surface area contributed by atoms with Gasteiger partial charge in [-0.3, -0.25) is 9.36 Å². The zero-order valence-corrected chi connectivity index (χ0v) is 16.6. The third-order valence-corrected chi connectivity index (χ3v) is 5.02. The maximum absolute atomic E-state index is 12.3. The minimum Gasteiger partial charge on any atom is -0.497 e. The van der Waals surface area contributed by atoms with E-state index in [1.165, 1.54) is 11.8 Å². The van der Waals surface area contributed by atoms with Gasteiger partial charge in [0, 0.05) is 11.8 Å². The molecule has 140 valence electrons. The monoisotopic (exact) mass is 382 g/mol. The topological polar surface area (TPSA) is 69.0 Å². The van der Waals surface area contributed by atoms with Crippen molar-refractivity contribution in [1.82, 2.24) is 14.8 Å². The molecule has 0 radical (unpaired) electrons. The molecule has 6 nitrogen and oxygen atoms in total. The molecule has 0 aliphatic carbocycles. The molecule has 3 rings (SSSR count). The molecule has 0 saturated heterocycles. The molecule has 2 aromatic carbocycles. The highest BCUT2D eigenvalue weighted by Crippen LogP contribution is 2.25. The predicted molar refractivity (Wildman–Crippen MR) is 108 cm³/mol. The number of carbonyl (C=O) groups excluding carboxylic acids is 1. The van der Waals surface area contributed by atoms with Crippen LogP contribution >= 0.6 is 11.8 Å². The zero-order valence-electron chi connectivity index (χ0n) is 15.8. The van der Waals surface area contributed by atoms with Crippen LogP contribution in [0.5, 0.6) is 5.75 Å². The number of rotatable bonds is 6. The number of benzene rings is 2. The number of thioether (sulfide) groups is 1. The number of amides is 1. The van der Waals surface area contributed by atoms with Gasteiger partial charge in [0.2, 0.25) is 5.91 Å². The lowest BCUT2D eigenvalue weighted by molar-refractivity contribution is -0.113. The van der Waals surface area contributed by atoms with Gasteiger partial charge in [0.25, 0.3) is 0 Å². The van der Waals surface area contributed by atoms with Crippen molar-refractivity contribution in [2.45, 2.75) is 25.9 Å². The van der Waals surface area contributed by atoms with Gasteiger partial charge < -0.3 is 10.1 Å². The first-order chi connectivity index (χ1) is 13.0. The summed E-state index contributed by atoms with van der Waals surface area (Å²) in [6.07, 6.45) is 0. The van der Waals surface area contributed by atoms with Gasteiger partial charge in [0.05, 0.1) is 18.6 Å². The van der Waals surface area contributed by atoms with E-state index in [1.807, 2.05) is 29.7 Å². The molecule has 7 heteroatoms. The number of hydrogen-bond acceptors (Lipinski definition) is 5. The van der Waals surface area contributed by atoms with Crippen LogP contribution in [0.2, 0.25) is 0 Å². The summed E-state index contributed by atoms with van der Waals surface area (Å²) < 4.78 is 7.17. The average molecular weight is 382 g/mol. The summed E-state index contributed by atoms with van der Waals surface area (Å²) in [7, 11) is 1.60. The average Bonchev–Trinajstić information content (AvgIpc) is 3.02. The number of methoxy groups -OCH3 is 1. The summed E-state index contributed by atoms with van der Waals surface area (Å²) in [5.41, 5.74) is 4.03. The van der Waals surface area contributed by atoms with Crippen LogP contribution < -0.4 is 10.1 Å². The lowest BCUT2D eigenvalue weighted by atomic mass is 10.1. The van der Waals surface area contributed by atoms with Crippen molar-refractivity contribution in [3.05, 3.63) is 59.4 Å². The highest BCUT2D eigenvalue weighted by atomic mass is 32.2. The largest absolute Gasteiger partial charge is 0.497 e. The van der Waals surface area contributed by atoms with Crippen molar-refractivity contribution in [2.75, 3.05) is 18.2 Å². The van der Waals surface area contributed by atoms with Crippen molar-refractivity contribution in [3.63, 3.8) is 0 Å². The van der Waals surface area contributed by atoms with Crippen molar-refractivity contribution >= 4 is 23.4 Å². The maximum atomic E-state index is 12.3. The van der Waals surface area contributed by atoms with Gasteiger partial charge in [-0.1, -0.05) is 30.0 Å². The molecule has 0 atom stereocenters. The Morgan fingerprint density at radius 2 is 1.96 bits per heavy atom. The van der Waals surface area contributed by atoms with E-state index in [2.05, 4.69) is 47.6 Å². The Morgan fingerprint density at radius 3 is 2.74 bits per heavy atom. The van der Waals surface area contributed by atoms with Gasteiger partial charge in [-0.25, -0.2) is 0 Å². The molecule has 1 heterocycles. The van der Waals surface area contributed by atoms with E-state index in [1.54, 1.807) is 13.2 Å². The number of nitrogens with zero attached hydrogens (tertiary/aromatic N) is 3. The smallest absolute Gasteiger partial charge is 0.234 e. The molecule has 0 aliphatic rings.